The van der Waals surface area contributed by atoms with Crippen molar-refractivity contribution in [2.24, 2.45) is 0 Å². The molecule has 1 fully saturated rings. The van der Waals surface area contributed by atoms with Crippen molar-refractivity contribution in [1.82, 2.24) is 0 Å². The predicted octanol–water partition coefficient (Wildman–Crippen LogP) is 0.799. The highest BCUT2D eigenvalue weighted by atomic mass is 16.7. The van der Waals surface area contributed by atoms with Gasteiger partial charge in [-0.25, -0.2) is 0 Å². The van der Waals surface area contributed by atoms with Gasteiger partial charge in [-0.2, -0.15) is 0 Å². The van der Waals surface area contributed by atoms with E-state index in [0.29, 0.717) is 6.61 Å². The predicted molar refractivity (Wildman–Crippen MR) is 88.9 cm³/mol. The molecule has 5 atom stereocenters. The van der Waals surface area contributed by atoms with Gasteiger partial charge in [0.1, 0.15) is 12.2 Å². The highest BCUT2D eigenvalue weighted by Gasteiger charge is 2.49. The van der Waals surface area contributed by atoms with Crippen molar-refractivity contribution in [3.05, 3.63) is 35.9 Å². The zero-order valence-electron chi connectivity index (χ0n) is 15.0. The Morgan fingerprint density at radius 3 is 2.27 bits per heavy atom. The molecule has 144 valence electrons. The van der Waals surface area contributed by atoms with Crippen molar-refractivity contribution in [2.75, 3.05) is 13.7 Å². The lowest BCUT2D eigenvalue weighted by atomic mass is 9.98. The maximum Gasteiger partial charge on any atom is 0.303 e. The van der Waals surface area contributed by atoms with Gasteiger partial charge in [0.15, 0.2) is 18.5 Å². The quantitative estimate of drug-likeness (QED) is 0.706. The summed E-state index contributed by atoms with van der Waals surface area (Å²) < 4.78 is 26.7. The first-order valence-electron chi connectivity index (χ1n) is 8.24. The maximum atomic E-state index is 11.4. The second-order valence-corrected chi connectivity index (χ2v) is 5.92. The normalized spacial score (nSPS) is 28.4. The molecule has 0 saturated carbocycles. The number of hydrogen-bond donors (Lipinski definition) is 1. The van der Waals surface area contributed by atoms with E-state index in [-0.39, 0.29) is 6.61 Å². The maximum absolute atomic E-state index is 11.4. The number of hydrogen-bond acceptors (Lipinski definition) is 8. The standard InChI is InChI=1S/C18H24O8/c1-11(19)24-16-15(21)14(10-23-9-13-7-5-4-6-8-13)26-18(22-3)17(16)25-12(2)20/h4-8,14-18,21H,9-10H2,1-3H3/t14-,15+,16-,17-,18-/m0/s1. The van der Waals surface area contributed by atoms with Crippen LogP contribution in [-0.2, 0) is 39.9 Å². The lowest BCUT2D eigenvalue weighted by Gasteiger charge is -2.42. The van der Waals surface area contributed by atoms with E-state index in [0.717, 1.165) is 5.56 Å². The fourth-order valence-electron chi connectivity index (χ4n) is 2.73. The Balaban J connectivity index is 2.05. The van der Waals surface area contributed by atoms with Gasteiger partial charge in [-0.15, -0.1) is 0 Å². The second kappa shape index (κ2) is 9.63. The van der Waals surface area contributed by atoms with E-state index in [9.17, 15) is 14.7 Å². The topological polar surface area (TPSA) is 101 Å². The van der Waals surface area contributed by atoms with Gasteiger partial charge in [0.2, 0.25) is 0 Å². The highest BCUT2D eigenvalue weighted by molar-refractivity contribution is 5.67. The molecule has 8 heteroatoms. The fraction of sp³-hybridized carbons (Fsp3) is 0.556. The van der Waals surface area contributed by atoms with E-state index in [1.54, 1.807) is 0 Å². The molecule has 1 aliphatic rings. The Kier molecular flexibility index (Phi) is 7.52. The molecule has 0 aliphatic carbocycles. The van der Waals surface area contributed by atoms with Crippen molar-refractivity contribution >= 4 is 11.9 Å². The van der Waals surface area contributed by atoms with Crippen LogP contribution in [0.4, 0.5) is 0 Å². The number of methoxy groups -OCH3 is 1. The lowest BCUT2D eigenvalue weighted by molar-refractivity contribution is -0.302. The van der Waals surface area contributed by atoms with Gasteiger partial charge in [-0.1, -0.05) is 30.3 Å². The van der Waals surface area contributed by atoms with Gasteiger partial charge in [0, 0.05) is 21.0 Å². The molecule has 0 bridgehead atoms. The van der Waals surface area contributed by atoms with Crippen molar-refractivity contribution in [1.29, 1.82) is 0 Å². The van der Waals surface area contributed by atoms with E-state index >= 15 is 0 Å². The summed E-state index contributed by atoms with van der Waals surface area (Å²) in [7, 11) is 1.37. The molecule has 0 unspecified atom stereocenters. The van der Waals surface area contributed by atoms with Gasteiger partial charge in [0.25, 0.3) is 0 Å². The first-order valence-corrected chi connectivity index (χ1v) is 8.24. The summed E-state index contributed by atoms with van der Waals surface area (Å²) in [4.78, 5) is 22.7. The van der Waals surface area contributed by atoms with Gasteiger partial charge < -0.3 is 28.8 Å². The minimum absolute atomic E-state index is 0.0421. The SMILES string of the molecule is CO[C@H]1O[C@@H](COCc2ccccc2)[C@@H](O)[C@H](OC(C)=O)[C@@H]1OC(C)=O. The van der Waals surface area contributed by atoms with Gasteiger partial charge in [-0.3, -0.25) is 9.59 Å². The van der Waals surface area contributed by atoms with Gasteiger partial charge >= 0.3 is 11.9 Å². The molecule has 1 aromatic rings. The third kappa shape index (κ3) is 5.50. The number of carbonyl (C=O) groups is 2. The molecule has 1 N–H and O–H groups in total. The van der Waals surface area contributed by atoms with E-state index < -0.39 is 42.6 Å². The van der Waals surface area contributed by atoms with E-state index in [1.165, 1.54) is 21.0 Å². The number of ether oxygens (including phenoxy) is 5. The average molecular weight is 368 g/mol. The van der Waals surface area contributed by atoms with Gasteiger partial charge in [-0.05, 0) is 5.56 Å². The first kappa shape index (κ1) is 20.3. The van der Waals surface area contributed by atoms with Crippen LogP contribution in [0.3, 0.4) is 0 Å². The molecule has 1 heterocycles. The molecule has 26 heavy (non-hydrogen) atoms. The van der Waals surface area contributed by atoms with E-state index in [4.69, 9.17) is 23.7 Å². The van der Waals surface area contributed by atoms with Gasteiger partial charge in [0.05, 0.1) is 13.2 Å². The number of benzene rings is 1. The Morgan fingerprint density at radius 1 is 1.08 bits per heavy atom. The Bertz CT molecular complexity index is 590. The van der Waals surface area contributed by atoms with Crippen LogP contribution in [0.15, 0.2) is 30.3 Å². The molecular formula is C18H24O8. The van der Waals surface area contributed by atoms with E-state index in [2.05, 4.69) is 0 Å². The molecule has 1 aromatic carbocycles. The largest absolute Gasteiger partial charge is 0.455 e. The molecule has 1 saturated heterocycles. The number of aliphatic hydroxyl groups is 1. The third-order valence-electron chi connectivity index (χ3n) is 3.85. The number of rotatable bonds is 7. The number of esters is 2. The average Bonchev–Trinajstić information content (AvgIpc) is 2.60. The van der Waals surface area contributed by atoms with Crippen molar-refractivity contribution in [2.45, 2.75) is 51.2 Å². The minimum atomic E-state index is -1.24. The molecule has 0 radical (unpaired) electrons. The third-order valence-corrected chi connectivity index (χ3v) is 3.85. The summed E-state index contributed by atoms with van der Waals surface area (Å²) in [6, 6.07) is 9.51. The molecule has 0 aromatic heterocycles. The summed E-state index contributed by atoms with van der Waals surface area (Å²) in [6.45, 7) is 2.78. The van der Waals surface area contributed by atoms with Crippen LogP contribution in [0.5, 0.6) is 0 Å². The molecular weight excluding hydrogens is 344 g/mol. The van der Waals surface area contributed by atoms with Crippen LogP contribution >= 0.6 is 0 Å². The lowest BCUT2D eigenvalue weighted by Crippen LogP contribution is -2.61. The van der Waals surface area contributed by atoms with Crippen LogP contribution in [0.1, 0.15) is 19.4 Å². The van der Waals surface area contributed by atoms with Crippen LogP contribution in [0, 0.1) is 0 Å². The smallest absolute Gasteiger partial charge is 0.303 e. The molecule has 2 rings (SSSR count). The first-order chi connectivity index (χ1) is 12.4. The minimum Gasteiger partial charge on any atom is -0.455 e. The Morgan fingerprint density at radius 2 is 1.69 bits per heavy atom. The number of aliphatic hydroxyl groups excluding tert-OH is 1. The van der Waals surface area contributed by atoms with Crippen LogP contribution < -0.4 is 0 Å². The summed E-state index contributed by atoms with van der Waals surface area (Å²) in [5.74, 6) is -1.23. The Hall–Kier alpha value is -2.00. The van der Waals surface area contributed by atoms with Crippen LogP contribution in [-0.4, -0.2) is 61.5 Å². The zero-order chi connectivity index (χ0) is 19.1. The van der Waals surface area contributed by atoms with Crippen molar-refractivity contribution in [3.63, 3.8) is 0 Å². The molecule has 0 spiro atoms. The van der Waals surface area contributed by atoms with Crippen molar-refractivity contribution in [3.8, 4) is 0 Å². The summed E-state index contributed by atoms with van der Waals surface area (Å²) in [5.41, 5.74) is 0.968. The number of carbonyl (C=O) groups excluding carboxylic acids is 2. The highest BCUT2D eigenvalue weighted by Crippen LogP contribution is 2.27. The van der Waals surface area contributed by atoms with Crippen LogP contribution in [0.25, 0.3) is 0 Å². The summed E-state index contributed by atoms with van der Waals surface area (Å²) in [6.07, 6.45) is -5.27. The summed E-state index contributed by atoms with van der Waals surface area (Å²) >= 11 is 0. The van der Waals surface area contributed by atoms with Crippen LogP contribution in [0.2, 0.25) is 0 Å². The molecule has 8 nitrogen and oxygen atoms in total. The second-order valence-electron chi connectivity index (χ2n) is 5.92. The molecule has 0 amide bonds. The molecule has 1 aliphatic heterocycles. The zero-order valence-corrected chi connectivity index (χ0v) is 15.0. The Labute approximate surface area is 151 Å². The van der Waals surface area contributed by atoms with E-state index in [1.807, 2.05) is 30.3 Å². The van der Waals surface area contributed by atoms with Crippen molar-refractivity contribution < 1.29 is 38.4 Å². The summed E-state index contributed by atoms with van der Waals surface area (Å²) in [5, 5.41) is 10.5. The fourth-order valence-corrected chi connectivity index (χ4v) is 2.73. The monoisotopic (exact) mass is 368 g/mol.